The molecule has 0 saturated heterocycles. The van der Waals surface area contributed by atoms with Crippen LogP contribution in [0.15, 0.2) is 78.9 Å². The van der Waals surface area contributed by atoms with Crippen molar-refractivity contribution in [2.75, 3.05) is 5.32 Å². The molecule has 1 N–H and O–H groups in total. The average molecular weight is 402 g/mol. The third-order valence-corrected chi connectivity index (χ3v) is 4.92. The summed E-state index contributed by atoms with van der Waals surface area (Å²) in [6.07, 6.45) is 0. The zero-order valence-electron chi connectivity index (χ0n) is 16.2. The number of anilines is 1. The predicted octanol–water partition coefficient (Wildman–Crippen LogP) is 6.06. The fourth-order valence-electron chi connectivity index (χ4n) is 3.03. The van der Waals surface area contributed by atoms with Crippen molar-refractivity contribution < 1.29 is 4.79 Å². The molecular weight excluding hydrogens is 382 g/mol. The minimum absolute atomic E-state index is 0.272. The number of hydrogen-bond acceptors (Lipinski definition) is 2. The van der Waals surface area contributed by atoms with Crippen molar-refractivity contribution in [1.29, 1.82) is 0 Å². The number of amides is 1. The number of benzene rings is 3. The van der Waals surface area contributed by atoms with Gasteiger partial charge in [-0.2, -0.15) is 5.10 Å². The molecule has 5 heteroatoms. The van der Waals surface area contributed by atoms with Gasteiger partial charge in [-0.1, -0.05) is 59.1 Å². The number of nitrogens with one attached hydrogen (secondary N) is 1. The normalized spacial score (nSPS) is 10.7. The Bertz CT molecular complexity index is 1080. The molecule has 1 heterocycles. The van der Waals surface area contributed by atoms with Gasteiger partial charge in [0.05, 0.1) is 11.4 Å². The molecule has 0 saturated carbocycles. The van der Waals surface area contributed by atoms with Crippen molar-refractivity contribution in [3.63, 3.8) is 0 Å². The zero-order valence-corrected chi connectivity index (χ0v) is 16.9. The van der Waals surface area contributed by atoms with Gasteiger partial charge in [0, 0.05) is 16.3 Å². The summed E-state index contributed by atoms with van der Waals surface area (Å²) < 4.78 is 1.81. The summed E-state index contributed by atoms with van der Waals surface area (Å²) >= 11 is 5.92. The van der Waals surface area contributed by atoms with Crippen molar-refractivity contribution in [2.24, 2.45) is 0 Å². The van der Waals surface area contributed by atoms with Crippen LogP contribution in [0, 0.1) is 13.8 Å². The summed E-state index contributed by atoms with van der Waals surface area (Å²) in [6, 6.07) is 25.1. The third kappa shape index (κ3) is 4.23. The van der Waals surface area contributed by atoms with Crippen LogP contribution < -0.4 is 5.32 Å². The molecule has 29 heavy (non-hydrogen) atoms. The van der Waals surface area contributed by atoms with E-state index >= 15 is 0 Å². The average Bonchev–Trinajstić information content (AvgIpc) is 3.16. The quantitative estimate of drug-likeness (QED) is 0.451. The first kappa shape index (κ1) is 19.0. The Morgan fingerprint density at radius 2 is 1.45 bits per heavy atom. The smallest absolute Gasteiger partial charge is 0.276 e. The van der Waals surface area contributed by atoms with Gasteiger partial charge in [-0.15, -0.1) is 0 Å². The number of rotatable bonds is 4. The van der Waals surface area contributed by atoms with E-state index < -0.39 is 0 Å². The first-order chi connectivity index (χ1) is 14.0. The molecule has 0 spiro atoms. The van der Waals surface area contributed by atoms with Crippen LogP contribution in [0.1, 0.15) is 21.6 Å². The molecule has 0 aliphatic carbocycles. The molecule has 4 rings (SSSR count). The minimum atomic E-state index is -0.272. The number of aromatic nitrogens is 2. The maximum absolute atomic E-state index is 12.8. The Morgan fingerprint density at radius 3 is 2.07 bits per heavy atom. The summed E-state index contributed by atoms with van der Waals surface area (Å²) in [7, 11) is 0. The lowest BCUT2D eigenvalue weighted by molar-refractivity contribution is 0.102. The van der Waals surface area contributed by atoms with Gasteiger partial charge in [0.2, 0.25) is 0 Å². The first-order valence-corrected chi connectivity index (χ1v) is 9.68. The van der Waals surface area contributed by atoms with Crippen molar-refractivity contribution in [1.82, 2.24) is 9.78 Å². The fourth-order valence-corrected chi connectivity index (χ4v) is 3.16. The van der Waals surface area contributed by atoms with Gasteiger partial charge in [0.25, 0.3) is 5.91 Å². The highest BCUT2D eigenvalue weighted by molar-refractivity contribution is 6.30. The Hall–Kier alpha value is -3.37. The van der Waals surface area contributed by atoms with Crippen molar-refractivity contribution in [3.05, 3.63) is 101 Å². The second-order valence-electron chi connectivity index (χ2n) is 6.99. The number of carbonyl (C=O) groups is 1. The second kappa shape index (κ2) is 7.94. The van der Waals surface area contributed by atoms with Gasteiger partial charge in [0.15, 0.2) is 5.69 Å². The van der Waals surface area contributed by atoms with E-state index in [2.05, 4.69) is 22.5 Å². The van der Waals surface area contributed by atoms with Crippen LogP contribution in [-0.2, 0) is 0 Å². The first-order valence-electron chi connectivity index (χ1n) is 9.31. The molecule has 0 atom stereocenters. The van der Waals surface area contributed by atoms with Crippen LogP contribution in [0.2, 0.25) is 5.02 Å². The van der Waals surface area contributed by atoms with E-state index in [1.807, 2.05) is 56.3 Å². The van der Waals surface area contributed by atoms with Gasteiger partial charge in [-0.3, -0.25) is 4.79 Å². The summed E-state index contributed by atoms with van der Waals surface area (Å²) in [5, 5.41) is 8.09. The molecule has 1 amide bonds. The summed E-state index contributed by atoms with van der Waals surface area (Å²) in [5.74, 6) is -0.272. The Kier molecular flexibility index (Phi) is 5.19. The van der Waals surface area contributed by atoms with Gasteiger partial charge < -0.3 is 5.32 Å². The monoisotopic (exact) mass is 401 g/mol. The van der Waals surface area contributed by atoms with Crippen LogP contribution in [0.25, 0.3) is 16.9 Å². The highest BCUT2D eigenvalue weighted by atomic mass is 35.5. The number of carbonyl (C=O) groups excluding carboxylic acids is 1. The Labute approximate surface area is 174 Å². The number of aryl methyl sites for hydroxylation is 2. The van der Waals surface area contributed by atoms with Crippen LogP contribution in [0.5, 0.6) is 0 Å². The lowest BCUT2D eigenvalue weighted by atomic mass is 10.1. The zero-order chi connectivity index (χ0) is 20.4. The van der Waals surface area contributed by atoms with Crippen LogP contribution in [-0.4, -0.2) is 15.7 Å². The minimum Gasteiger partial charge on any atom is -0.321 e. The molecule has 0 unspecified atom stereocenters. The fraction of sp³-hybridized carbons (Fsp3) is 0.0833. The van der Waals surface area contributed by atoms with Crippen LogP contribution >= 0.6 is 11.6 Å². The molecule has 4 nitrogen and oxygen atoms in total. The highest BCUT2D eigenvalue weighted by Crippen LogP contribution is 2.25. The Balaban J connectivity index is 1.74. The number of hydrogen-bond donors (Lipinski definition) is 1. The molecular formula is C24H20ClN3O. The van der Waals surface area contributed by atoms with E-state index in [0.717, 1.165) is 16.9 Å². The molecule has 4 aromatic rings. The van der Waals surface area contributed by atoms with Crippen molar-refractivity contribution in [2.45, 2.75) is 13.8 Å². The molecule has 0 bridgehead atoms. The van der Waals surface area contributed by atoms with Gasteiger partial charge in [0.1, 0.15) is 0 Å². The SMILES string of the molecule is Cc1ccc(-c2cc(C(=O)Nc3ccc(Cl)cc3)nn2-c2ccc(C)cc2)cc1. The number of nitrogens with zero attached hydrogens (tertiary/aromatic N) is 2. The molecule has 1 aromatic heterocycles. The van der Waals surface area contributed by atoms with E-state index in [9.17, 15) is 4.79 Å². The molecule has 0 aliphatic rings. The molecule has 0 radical (unpaired) electrons. The standard InChI is InChI=1S/C24H20ClN3O/c1-16-3-7-18(8-4-16)23-15-22(24(29)26-20-11-9-19(25)10-12-20)27-28(23)21-13-5-17(2)6-14-21/h3-15H,1-2H3,(H,26,29). The highest BCUT2D eigenvalue weighted by Gasteiger charge is 2.17. The largest absolute Gasteiger partial charge is 0.321 e. The maximum Gasteiger partial charge on any atom is 0.276 e. The maximum atomic E-state index is 12.8. The lowest BCUT2D eigenvalue weighted by Crippen LogP contribution is -2.13. The Morgan fingerprint density at radius 1 is 0.862 bits per heavy atom. The topological polar surface area (TPSA) is 46.9 Å². The van der Waals surface area contributed by atoms with E-state index in [1.54, 1.807) is 28.9 Å². The van der Waals surface area contributed by atoms with E-state index in [-0.39, 0.29) is 5.91 Å². The summed E-state index contributed by atoms with van der Waals surface area (Å²) in [6.45, 7) is 4.09. The van der Waals surface area contributed by atoms with Crippen LogP contribution in [0.3, 0.4) is 0 Å². The van der Waals surface area contributed by atoms with E-state index in [1.165, 1.54) is 11.1 Å². The molecule has 144 valence electrons. The molecule has 0 aliphatic heterocycles. The second-order valence-corrected chi connectivity index (χ2v) is 7.43. The summed E-state index contributed by atoms with van der Waals surface area (Å²) in [5.41, 5.74) is 6.10. The van der Waals surface area contributed by atoms with E-state index in [4.69, 9.17) is 11.6 Å². The molecule has 0 fully saturated rings. The molecule has 3 aromatic carbocycles. The lowest BCUT2D eigenvalue weighted by Gasteiger charge is -2.08. The van der Waals surface area contributed by atoms with E-state index in [0.29, 0.717) is 16.4 Å². The van der Waals surface area contributed by atoms with Gasteiger partial charge >= 0.3 is 0 Å². The number of halogens is 1. The predicted molar refractivity (Wildman–Crippen MR) is 118 cm³/mol. The van der Waals surface area contributed by atoms with Crippen molar-refractivity contribution >= 4 is 23.2 Å². The third-order valence-electron chi connectivity index (χ3n) is 4.67. The van der Waals surface area contributed by atoms with Gasteiger partial charge in [-0.25, -0.2) is 4.68 Å². The van der Waals surface area contributed by atoms with Crippen LogP contribution in [0.4, 0.5) is 5.69 Å². The van der Waals surface area contributed by atoms with Crippen molar-refractivity contribution in [3.8, 4) is 16.9 Å². The van der Waals surface area contributed by atoms with Gasteiger partial charge in [-0.05, 0) is 56.3 Å². The summed E-state index contributed by atoms with van der Waals surface area (Å²) in [4.78, 5) is 12.8.